The fourth-order valence-electron chi connectivity index (χ4n) is 2.58. The number of hydrogen-bond donors (Lipinski definition) is 0. The molecule has 0 aliphatic heterocycles. The van der Waals surface area contributed by atoms with Crippen LogP contribution in [0.4, 0.5) is 0 Å². The van der Waals surface area contributed by atoms with Gasteiger partial charge in [-0.25, -0.2) is 0 Å². The second-order valence-corrected chi connectivity index (χ2v) is 6.92. The first-order valence-corrected chi connectivity index (χ1v) is 8.95. The van der Waals surface area contributed by atoms with Gasteiger partial charge in [-0.15, -0.1) is 22.7 Å². The lowest BCUT2D eigenvalue weighted by atomic mass is 10.1. The van der Waals surface area contributed by atoms with E-state index in [1.807, 2.05) is 22.7 Å². The molecule has 0 bridgehead atoms. The SMILES string of the molecule is c1ccc(-c2csc(-c3sccc3-c3ccccc3)c2)cc1. The maximum atomic E-state index is 2.30. The number of benzene rings is 2. The highest BCUT2D eigenvalue weighted by Crippen LogP contribution is 2.41. The van der Waals surface area contributed by atoms with Crippen LogP contribution in [0.5, 0.6) is 0 Å². The summed E-state index contributed by atoms with van der Waals surface area (Å²) in [7, 11) is 0. The second kappa shape index (κ2) is 5.91. The predicted molar refractivity (Wildman–Crippen MR) is 98.5 cm³/mol. The Hall–Kier alpha value is -2.16. The zero-order valence-corrected chi connectivity index (χ0v) is 13.5. The highest BCUT2D eigenvalue weighted by Gasteiger charge is 2.11. The molecular weight excluding hydrogens is 304 g/mol. The minimum Gasteiger partial charge on any atom is -0.142 e. The molecule has 0 fully saturated rings. The average Bonchev–Trinajstić information content (AvgIpc) is 3.25. The summed E-state index contributed by atoms with van der Waals surface area (Å²) in [6, 6.07) is 25.7. The van der Waals surface area contributed by atoms with Crippen molar-refractivity contribution in [3.63, 3.8) is 0 Å². The average molecular weight is 318 g/mol. The van der Waals surface area contributed by atoms with Crippen LogP contribution in [-0.4, -0.2) is 0 Å². The predicted octanol–water partition coefficient (Wildman–Crippen LogP) is 6.81. The number of hydrogen-bond acceptors (Lipinski definition) is 2. The molecule has 4 aromatic rings. The standard InChI is InChI=1S/C20H14S2/c1-3-7-15(8-4-1)17-13-19(22-14-17)20-18(11-12-21-20)16-9-5-2-6-10-16/h1-14H. The third-order valence-corrected chi connectivity index (χ3v) is 5.70. The first-order valence-electron chi connectivity index (χ1n) is 7.19. The van der Waals surface area contributed by atoms with Gasteiger partial charge < -0.3 is 0 Å². The van der Waals surface area contributed by atoms with Gasteiger partial charge in [0.25, 0.3) is 0 Å². The van der Waals surface area contributed by atoms with E-state index >= 15 is 0 Å². The molecule has 0 radical (unpaired) electrons. The highest BCUT2D eigenvalue weighted by molar-refractivity contribution is 7.21. The van der Waals surface area contributed by atoms with Crippen LogP contribution < -0.4 is 0 Å². The first kappa shape index (κ1) is 13.5. The van der Waals surface area contributed by atoms with E-state index in [9.17, 15) is 0 Å². The van der Waals surface area contributed by atoms with Crippen LogP contribution in [0.1, 0.15) is 0 Å². The Kier molecular flexibility index (Phi) is 3.63. The molecule has 0 saturated carbocycles. The Balaban J connectivity index is 1.76. The van der Waals surface area contributed by atoms with Gasteiger partial charge in [-0.1, -0.05) is 60.7 Å². The molecule has 0 nitrogen and oxygen atoms in total. The maximum Gasteiger partial charge on any atom is 0.0521 e. The van der Waals surface area contributed by atoms with Crippen LogP contribution in [0.25, 0.3) is 32.0 Å². The van der Waals surface area contributed by atoms with Crippen molar-refractivity contribution < 1.29 is 0 Å². The molecule has 0 amide bonds. The molecule has 0 spiro atoms. The van der Waals surface area contributed by atoms with E-state index in [2.05, 4.69) is 83.6 Å². The Morgan fingerprint density at radius 2 is 1.27 bits per heavy atom. The molecule has 0 aliphatic carbocycles. The molecule has 2 aromatic heterocycles. The number of rotatable bonds is 3. The zero-order chi connectivity index (χ0) is 14.8. The van der Waals surface area contributed by atoms with Gasteiger partial charge in [0, 0.05) is 10.4 Å². The molecule has 22 heavy (non-hydrogen) atoms. The van der Waals surface area contributed by atoms with E-state index in [0.29, 0.717) is 0 Å². The topological polar surface area (TPSA) is 0 Å². The van der Waals surface area contributed by atoms with Crippen molar-refractivity contribution >= 4 is 22.7 Å². The van der Waals surface area contributed by atoms with Crippen LogP contribution in [0.2, 0.25) is 0 Å². The third kappa shape index (κ3) is 2.52. The summed E-state index contributed by atoms with van der Waals surface area (Å²) in [5.41, 5.74) is 5.19. The minimum absolute atomic E-state index is 1.28. The smallest absolute Gasteiger partial charge is 0.0521 e. The Morgan fingerprint density at radius 1 is 0.591 bits per heavy atom. The van der Waals surface area contributed by atoms with Crippen molar-refractivity contribution in [3.05, 3.63) is 83.6 Å². The van der Waals surface area contributed by atoms with Gasteiger partial charge in [-0.3, -0.25) is 0 Å². The summed E-state index contributed by atoms with van der Waals surface area (Å²) in [5.74, 6) is 0. The zero-order valence-electron chi connectivity index (χ0n) is 11.9. The van der Waals surface area contributed by atoms with Gasteiger partial charge >= 0.3 is 0 Å². The third-order valence-electron chi connectivity index (χ3n) is 3.68. The summed E-state index contributed by atoms with van der Waals surface area (Å²) >= 11 is 3.64. The Bertz CT molecular complexity index is 870. The van der Waals surface area contributed by atoms with Crippen LogP contribution >= 0.6 is 22.7 Å². The van der Waals surface area contributed by atoms with Crippen molar-refractivity contribution in [3.8, 4) is 32.0 Å². The van der Waals surface area contributed by atoms with Gasteiger partial charge in [0.1, 0.15) is 0 Å². The quantitative estimate of drug-likeness (QED) is 0.389. The van der Waals surface area contributed by atoms with Crippen molar-refractivity contribution in [2.45, 2.75) is 0 Å². The molecule has 2 aromatic carbocycles. The van der Waals surface area contributed by atoms with Gasteiger partial charge in [-0.2, -0.15) is 0 Å². The normalized spacial score (nSPS) is 10.7. The van der Waals surface area contributed by atoms with E-state index in [0.717, 1.165) is 0 Å². The van der Waals surface area contributed by atoms with E-state index in [1.54, 1.807) is 0 Å². The fourth-order valence-corrected chi connectivity index (χ4v) is 4.57. The van der Waals surface area contributed by atoms with E-state index in [4.69, 9.17) is 0 Å². The molecule has 0 saturated heterocycles. The van der Waals surface area contributed by atoms with Gasteiger partial charge in [0.2, 0.25) is 0 Å². The maximum absolute atomic E-state index is 2.30. The minimum atomic E-state index is 1.28. The fraction of sp³-hybridized carbons (Fsp3) is 0. The first-order chi connectivity index (χ1) is 10.9. The summed E-state index contributed by atoms with van der Waals surface area (Å²) in [6.07, 6.45) is 0. The molecular formula is C20H14S2. The summed E-state index contributed by atoms with van der Waals surface area (Å²) in [5, 5.41) is 4.43. The molecule has 0 unspecified atom stereocenters. The Morgan fingerprint density at radius 3 is 2.00 bits per heavy atom. The van der Waals surface area contributed by atoms with Crippen molar-refractivity contribution in [1.82, 2.24) is 0 Å². The van der Waals surface area contributed by atoms with E-state index in [-0.39, 0.29) is 0 Å². The van der Waals surface area contributed by atoms with Crippen LogP contribution in [0, 0.1) is 0 Å². The van der Waals surface area contributed by atoms with Crippen LogP contribution in [-0.2, 0) is 0 Å². The monoisotopic (exact) mass is 318 g/mol. The van der Waals surface area contributed by atoms with Gasteiger partial charge in [-0.05, 0) is 39.6 Å². The van der Waals surface area contributed by atoms with Crippen molar-refractivity contribution in [2.24, 2.45) is 0 Å². The molecule has 0 atom stereocenters. The second-order valence-electron chi connectivity index (χ2n) is 5.10. The van der Waals surface area contributed by atoms with Crippen molar-refractivity contribution in [2.75, 3.05) is 0 Å². The molecule has 2 heterocycles. The molecule has 4 rings (SSSR count). The lowest BCUT2D eigenvalue weighted by Gasteiger charge is -2.02. The van der Waals surface area contributed by atoms with Crippen molar-refractivity contribution in [1.29, 1.82) is 0 Å². The van der Waals surface area contributed by atoms with E-state index in [1.165, 1.54) is 32.0 Å². The molecule has 106 valence electrons. The van der Waals surface area contributed by atoms with Crippen LogP contribution in [0.3, 0.4) is 0 Å². The van der Waals surface area contributed by atoms with E-state index < -0.39 is 0 Å². The summed E-state index contributed by atoms with van der Waals surface area (Å²) in [4.78, 5) is 2.70. The summed E-state index contributed by atoms with van der Waals surface area (Å²) < 4.78 is 0. The lowest BCUT2D eigenvalue weighted by molar-refractivity contribution is 1.67. The van der Waals surface area contributed by atoms with Gasteiger partial charge in [0.15, 0.2) is 0 Å². The lowest BCUT2D eigenvalue weighted by Crippen LogP contribution is -1.76. The molecule has 2 heteroatoms. The molecule has 0 aliphatic rings. The van der Waals surface area contributed by atoms with Crippen LogP contribution in [0.15, 0.2) is 83.6 Å². The highest BCUT2D eigenvalue weighted by atomic mass is 32.1. The largest absolute Gasteiger partial charge is 0.142 e. The number of thiophene rings is 2. The van der Waals surface area contributed by atoms with Gasteiger partial charge in [0.05, 0.1) is 4.88 Å². The Labute approximate surface area is 138 Å². The molecule has 0 N–H and O–H groups in total. The summed E-state index contributed by atoms with van der Waals surface area (Å²) in [6.45, 7) is 0.